The summed E-state index contributed by atoms with van der Waals surface area (Å²) in [6, 6.07) is 28.1. The molecule has 0 spiro atoms. The van der Waals surface area contributed by atoms with Gasteiger partial charge in [-0.2, -0.15) is 28.8 Å². The van der Waals surface area contributed by atoms with Crippen LogP contribution >= 0.6 is 0 Å². The number of hydrogen-bond donors (Lipinski definition) is 1. The first-order valence-electron chi connectivity index (χ1n) is 19.2. The molecule has 0 bridgehead atoms. The summed E-state index contributed by atoms with van der Waals surface area (Å²) < 4.78 is 38.4. The molecule has 5 aromatic carbocycles. The van der Waals surface area contributed by atoms with Crippen LogP contribution in [0.4, 0.5) is 17.1 Å². The van der Waals surface area contributed by atoms with Gasteiger partial charge in [0.25, 0.3) is 0 Å². The number of likely N-dealkylation sites (N-methyl/N-ethyl adjacent to an activating group) is 1. The van der Waals surface area contributed by atoms with Gasteiger partial charge in [0.1, 0.15) is 16.7 Å². The molecule has 2 aliphatic heterocycles. The number of nitrogens with one attached hydrogen (secondary N) is 1. The van der Waals surface area contributed by atoms with Gasteiger partial charge >= 0.3 is 59.1 Å². The summed E-state index contributed by atoms with van der Waals surface area (Å²) in [5, 5.41) is 18.0. The predicted molar refractivity (Wildman–Crippen MR) is 223 cm³/mol. The van der Waals surface area contributed by atoms with Crippen molar-refractivity contribution in [3.63, 3.8) is 0 Å². The molecule has 59 heavy (non-hydrogen) atoms. The molecule has 5 aromatic rings. The average molecular weight is 826 g/mol. The van der Waals surface area contributed by atoms with E-state index in [1.54, 1.807) is 18.2 Å². The number of anilines is 2. The summed E-state index contributed by atoms with van der Waals surface area (Å²) >= 11 is 0. The zero-order valence-corrected chi connectivity index (χ0v) is 39.8. The van der Waals surface area contributed by atoms with Crippen molar-refractivity contribution in [1.82, 2.24) is 0 Å². The predicted octanol–water partition coefficient (Wildman–Crippen LogP) is 2.07. The van der Waals surface area contributed by atoms with Gasteiger partial charge in [-0.1, -0.05) is 55.8 Å². The van der Waals surface area contributed by atoms with Crippen molar-refractivity contribution in [1.29, 1.82) is 0 Å². The van der Waals surface area contributed by atoms with Crippen LogP contribution in [-0.4, -0.2) is 48.2 Å². The molecule has 1 N–H and O–H groups in total. The third-order valence-electron chi connectivity index (χ3n) is 11.4. The Morgan fingerprint density at radius 3 is 2.20 bits per heavy atom. The normalized spacial score (nSPS) is 16.3. The van der Waals surface area contributed by atoms with E-state index in [1.807, 2.05) is 18.2 Å². The van der Waals surface area contributed by atoms with Crippen LogP contribution in [0, 0.1) is 6.07 Å². The van der Waals surface area contributed by atoms with E-state index in [0.29, 0.717) is 24.0 Å². The number of fused-ring (bicyclic) bond motifs is 6. The number of carbonyl (C=O) groups excluding carboxylic acids is 2. The van der Waals surface area contributed by atoms with Crippen LogP contribution in [0.3, 0.4) is 0 Å². The minimum atomic E-state index is -4.66. The summed E-state index contributed by atoms with van der Waals surface area (Å²) in [4.78, 5) is 26.6. The Morgan fingerprint density at radius 2 is 1.54 bits per heavy atom. The maximum absolute atomic E-state index is 13.3. The summed E-state index contributed by atoms with van der Waals surface area (Å²) in [5.41, 5.74) is 6.94. The van der Waals surface area contributed by atoms with Gasteiger partial charge in [0.2, 0.25) is 11.6 Å². The summed E-state index contributed by atoms with van der Waals surface area (Å²) in [6.45, 7) is 14.3. The van der Waals surface area contributed by atoms with Crippen molar-refractivity contribution < 1.29 is 91.4 Å². The van der Waals surface area contributed by atoms with Crippen LogP contribution in [0.25, 0.3) is 21.5 Å². The number of benzene rings is 5. The maximum Gasteiger partial charge on any atom is 1.00 e. The number of amides is 1. The van der Waals surface area contributed by atoms with Crippen molar-refractivity contribution >= 4 is 66.3 Å². The van der Waals surface area contributed by atoms with Gasteiger partial charge in [0.05, 0.1) is 16.3 Å². The van der Waals surface area contributed by atoms with E-state index in [1.165, 1.54) is 35.2 Å². The average Bonchev–Trinajstić information content (AvgIpc) is 3.55. The number of carboxylic acid groups (broad SMARTS) is 1. The molecule has 0 aromatic heterocycles. The molecule has 2 heterocycles. The monoisotopic (exact) mass is 825 g/mol. The van der Waals surface area contributed by atoms with Crippen molar-refractivity contribution in [3.8, 4) is 0 Å². The number of rotatable bonds is 11. The Morgan fingerprint density at radius 1 is 0.864 bits per heavy atom. The Bertz CT molecular complexity index is 2720. The second-order valence-electron chi connectivity index (χ2n) is 15.6. The van der Waals surface area contributed by atoms with Crippen molar-refractivity contribution in [3.05, 3.63) is 143 Å². The van der Waals surface area contributed by atoms with Gasteiger partial charge < -0.3 is 24.7 Å². The molecule has 0 aliphatic carbocycles. The summed E-state index contributed by atoms with van der Waals surface area (Å²) in [6.07, 6.45) is 8.95. The molecule has 2 aliphatic rings. The number of hydrogen-bond acceptors (Lipinski definition) is 7. The van der Waals surface area contributed by atoms with Gasteiger partial charge in [-0.25, -0.2) is 8.42 Å². The molecule has 12 heteroatoms. The minimum absolute atomic E-state index is 0. The van der Waals surface area contributed by atoms with E-state index < -0.39 is 21.5 Å². The third-order valence-corrected chi connectivity index (χ3v) is 12.2. The van der Waals surface area contributed by atoms with Crippen molar-refractivity contribution in [2.45, 2.75) is 70.1 Å². The van der Waals surface area contributed by atoms with Crippen LogP contribution in [-0.2, 0) is 25.7 Å². The number of nitrogens with zero attached hydrogens (tertiary/aromatic N) is 2. The fourth-order valence-electron chi connectivity index (χ4n) is 8.63. The van der Waals surface area contributed by atoms with Gasteiger partial charge in [-0.05, 0) is 98.5 Å². The molecule has 0 saturated carbocycles. The number of carboxylic acids is 1. The van der Waals surface area contributed by atoms with E-state index in [2.05, 4.69) is 111 Å². The molecule has 1 amide bonds. The standard InChI is InChI=1S/C47H47N3O6S.2Na/c1-7-49-38-24-19-31-11-9-10-12-36(31)43(38)46(3,4)40(49)26-13-30(15-28-42(51)48-34-21-16-33(17-22-34)45(52)53)14-27-41-47(5,6)44-37-29-35(57(54,55)56)23-18-32(37)20-25-39(44)50(41)8-2;;/h9,11-14,16-27,29H,7-8,15,28H2,1-6H3,(H,48,51)(H,52,53)(H,54,55,56);;/q;2*+1/p-2. The van der Waals surface area contributed by atoms with Crippen molar-refractivity contribution in [2.75, 3.05) is 23.3 Å². The smallest absolute Gasteiger partial charge is 0.744 e. The van der Waals surface area contributed by atoms with E-state index in [-0.39, 0.29) is 87.3 Å². The van der Waals surface area contributed by atoms with E-state index >= 15 is 0 Å². The first kappa shape index (κ1) is 46.2. The second-order valence-corrected chi connectivity index (χ2v) is 16.9. The quantitative estimate of drug-likeness (QED) is 0.0710. The largest absolute Gasteiger partial charge is 1.00 e. The first-order valence-corrected chi connectivity index (χ1v) is 20.6. The van der Waals surface area contributed by atoms with Crippen molar-refractivity contribution in [2.24, 2.45) is 0 Å². The topological polar surface area (TPSA) is 133 Å². The molecule has 0 fully saturated rings. The molecule has 7 rings (SSSR count). The molecule has 0 radical (unpaired) electrons. The molecular formula is C47H45N3Na2O6S. The number of aromatic carboxylic acids is 1. The minimum Gasteiger partial charge on any atom is -0.744 e. The van der Waals surface area contributed by atoms with Crippen LogP contribution in [0.5, 0.6) is 0 Å². The molecule has 9 nitrogen and oxygen atoms in total. The Balaban J connectivity index is 0.00000331. The number of allylic oxidation sites excluding steroid dienone is 6. The molecule has 0 saturated heterocycles. The second kappa shape index (κ2) is 18.0. The zero-order valence-electron chi connectivity index (χ0n) is 35.0. The third kappa shape index (κ3) is 8.83. The molecule has 292 valence electrons. The Kier molecular flexibility index (Phi) is 14.1. The van der Waals surface area contributed by atoms with Crippen LogP contribution < -0.4 is 74.4 Å². The molecular weight excluding hydrogens is 781 g/mol. The van der Waals surface area contributed by atoms with Crippen LogP contribution in [0.1, 0.15) is 75.9 Å². The fraction of sp³-hybridized carbons (Fsp3) is 0.255. The fourth-order valence-corrected chi connectivity index (χ4v) is 9.13. The molecule has 0 unspecified atom stereocenters. The summed E-state index contributed by atoms with van der Waals surface area (Å²) in [7, 11) is -4.66. The zero-order chi connectivity index (χ0) is 40.9. The van der Waals surface area contributed by atoms with E-state index in [4.69, 9.17) is 0 Å². The maximum atomic E-state index is 13.3. The van der Waals surface area contributed by atoms with Crippen LogP contribution in [0.15, 0.2) is 125 Å². The van der Waals surface area contributed by atoms with E-state index in [9.17, 15) is 27.7 Å². The first-order chi connectivity index (χ1) is 27.1. The van der Waals surface area contributed by atoms with Gasteiger partial charge in [-0.15, -0.1) is 10.8 Å². The Labute approximate surface area is 390 Å². The van der Waals surface area contributed by atoms with Gasteiger partial charge in [-0.3, -0.25) is 4.79 Å². The van der Waals surface area contributed by atoms with Gasteiger partial charge in [0.15, 0.2) is 5.71 Å². The van der Waals surface area contributed by atoms with E-state index in [0.717, 1.165) is 51.2 Å². The summed E-state index contributed by atoms with van der Waals surface area (Å²) in [5.74, 6) is -1.51. The van der Waals surface area contributed by atoms with Crippen LogP contribution in [0.2, 0.25) is 0 Å². The number of carbonyl (C=O) groups is 2. The molecule has 0 atom stereocenters. The Hall–Kier alpha value is -3.84. The van der Waals surface area contributed by atoms with Gasteiger partial charge in [0, 0.05) is 53.2 Å². The SMILES string of the molecule is CCN1/C(=C/C=C(/C=C/C2=[N+](CC)c3ccc4ccc(S(=O)(=O)[O-])cc4c3C2(C)C)CCC(=O)Nc2ccc(C(=O)[O-])cc2)C(C)(C)c2c1ccc1cc[c-]cc21.[Na+].[Na+].